The molecule has 3 aromatic rings. The fourth-order valence-electron chi connectivity index (χ4n) is 2.66. The molecular weight excluding hydrogens is 390 g/mol. The highest BCUT2D eigenvalue weighted by atomic mass is 32.2. The number of aromatic nitrogens is 2. The van der Waals surface area contributed by atoms with E-state index in [-0.39, 0.29) is 11.5 Å². The summed E-state index contributed by atoms with van der Waals surface area (Å²) in [6.07, 6.45) is 0. The normalized spacial score (nSPS) is 11.8. The second-order valence-electron chi connectivity index (χ2n) is 6.32. The van der Waals surface area contributed by atoms with Crippen LogP contribution in [0.15, 0.2) is 58.5 Å². The van der Waals surface area contributed by atoms with E-state index >= 15 is 0 Å². The number of carbonyl (C=O) groups excluding carboxylic acids is 2. The summed E-state index contributed by atoms with van der Waals surface area (Å²) in [4.78, 5) is 41.3. The van der Waals surface area contributed by atoms with E-state index in [4.69, 9.17) is 4.74 Å². The van der Waals surface area contributed by atoms with Crippen molar-refractivity contribution < 1.29 is 14.3 Å². The number of thioether (sulfide) groups is 1. The number of para-hydroxylation sites is 1. The van der Waals surface area contributed by atoms with Gasteiger partial charge in [-0.05, 0) is 50.2 Å². The van der Waals surface area contributed by atoms with Gasteiger partial charge in [-0.2, -0.15) is 0 Å². The minimum atomic E-state index is -0.487. The Hall–Kier alpha value is -3.13. The highest BCUT2D eigenvalue weighted by molar-refractivity contribution is 8.00. The number of esters is 1. The quantitative estimate of drug-likeness (QED) is 0.380. The summed E-state index contributed by atoms with van der Waals surface area (Å²) >= 11 is 1.21. The Balaban J connectivity index is 1.71. The van der Waals surface area contributed by atoms with Crippen molar-refractivity contribution in [2.75, 3.05) is 11.9 Å². The molecule has 0 fully saturated rings. The second-order valence-corrected chi connectivity index (χ2v) is 7.63. The molecular formula is C21H21N3O4S. The fourth-order valence-corrected chi connectivity index (χ4v) is 3.54. The molecule has 0 saturated carbocycles. The van der Waals surface area contributed by atoms with E-state index in [9.17, 15) is 14.4 Å². The van der Waals surface area contributed by atoms with Gasteiger partial charge >= 0.3 is 5.97 Å². The summed E-state index contributed by atoms with van der Waals surface area (Å²) in [5, 5.41) is 3.32. The van der Waals surface area contributed by atoms with Gasteiger partial charge in [0.1, 0.15) is 0 Å². The standard InChI is InChI=1S/C21H21N3O4S/c1-4-28-20(27)14-9-11-15(12-10-14)22-18(25)13(2)29-21-23-17-8-6-5-7-16(17)19(26)24(21)3/h5-13H,4H2,1-3H3,(H,22,25). The SMILES string of the molecule is CCOC(=O)c1ccc(NC(=O)C(C)Sc2nc3ccccc3c(=O)n2C)cc1. The molecule has 8 heteroatoms. The van der Waals surface area contributed by atoms with Crippen molar-refractivity contribution in [2.24, 2.45) is 7.05 Å². The van der Waals surface area contributed by atoms with Gasteiger partial charge in [0.05, 0.1) is 28.3 Å². The average Bonchev–Trinajstić information content (AvgIpc) is 2.72. The largest absolute Gasteiger partial charge is 0.462 e. The molecule has 0 saturated heterocycles. The molecule has 3 rings (SSSR count). The smallest absolute Gasteiger partial charge is 0.338 e. The minimum absolute atomic E-state index is 0.153. The number of hydrogen-bond donors (Lipinski definition) is 1. The number of benzene rings is 2. The molecule has 0 radical (unpaired) electrons. The summed E-state index contributed by atoms with van der Waals surface area (Å²) < 4.78 is 6.39. The Bertz CT molecular complexity index is 1110. The Kier molecular flexibility index (Phi) is 6.33. The summed E-state index contributed by atoms with van der Waals surface area (Å²) in [6, 6.07) is 13.6. The van der Waals surface area contributed by atoms with Crippen molar-refractivity contribution in [1.29, 1.82) is 0 Å². The maximum absolute atomic E-state index is 12.6. The molecule has 0 bridgehead atoms. The Labute approximate surface area is 172 Å². The lowest BCUT2D eigenvalue weighted by molar-refractivity contribution is -0.115. The molecule has 29 heavy (non-hydrogen) atoms. The second kappa shape index (κ2) is 8.91. The van der Waals surface area contributed by atoms with E-state index in [0.717, 1.165) is 0 Å². The first kappa shape index (κ1) is 20.6. The van der Waals surface area contributed by atoms with E-state index in [1.165, 1.54) is 16.3 Å². The molecule has 1 unspecified atom stereocenters. The predicted octanol–water partition coefficient (Wildman–Crippen LogP) is 3.23. The molecule has 0 aliphatic carbocycles. The Morgan fingerprint density at radius 3 is 2.55 bits per heavy atom. The molecule has 2 aromatic carbocycles. The van der Waals surface area contributed by atoms with E-state index in [2.05, 4.69) is 10.3 Å². The van der Waals surface area contributed by atoms with Crippen molar-refractivity contribution in [3.8, 4) is 0 Å². The third kappa shape index (κ3) is 4.65. The maximum Gasteiger partial charge on any atom is 0.338 e. The third-order valence-electron chi connectivity index (χ3n) is 4.26. The summed E-state index contributed by atoms with van der Waals surface area (Å²) in [7, 11) is 1.64. The zero-order valence-electron chi connectivity index (χ0n) is 16.3. The molecule has 150 valence electrons. The van der Waals surface area contributed by atoms with Crippen LogP contribution in [-0.4, -0.2) is 33.3 Å². The number of fused-ring (bicyclic) bond motifs is 1. The van der Waals surface area contributed by atoms with E-state index in [0.29, 0.717) is 33.9 Å². The van der Waals surface area contributed by atoms with Gasteiger partial charge in [-0.15, -0.1) is 0 Å². The number of nitrogens with one attached hydrogen (secondary N) is 1. The van der Waals surface area contributed by atoms with Gasteiger partial charge in [-0.25, -0.2) is 9.78 Å². The Morgan fingerprint density at radius 2 is 1.86 bits per heavy atom. The van der Waals surface area contributed by atoms with Crippen LogP contribution in [0.1, 0.15) is 24.2 Å². The minimum Gasteiger partial charge on any atom is -0.462 e. The van der Waals surface area contributed by atoms with Crippen LogP contribution in [0, 0.1) is 0 Å². The highest BCUT2D eigenvalue weighted by Gasteiger charge is 2.18. The number of rotatable bonds is 6. The first-order valence-electron chi connectivity index (χ1n) is 9.11. The first-order chi connectivity index (χ1) is 13.9. The molecule has 0 aliphatic rings. The van der Waals surface area contributed by atoms with Crippen molar-refractivity contribution in [3.05, 3.63) is 64.4 Å². The Morgan fingerprint density at radius 1 is 1.17 bits per heavy atom. The number of nitrogens with zero attached hydrogens (tertiary/aromatic N) is 2. The first-order valence-corrected chi connectivity index (χ1v) is 9.99. The lowest BCUT2D eigenvalue weighted by Gasteiger charge is -2.14. The number of ether oxygens (including phenoxy) is 1. The van der Waals surface area contributed by atoms with Gasteiger partial charge in [-0.1, -0.05) is 23.9 Å². The van der Waals surface area contributed by atoms with Crippen LogP contribution >= 0.6 is 11.8 Å². The van der Waals surface area contributed by atoms with Crippen molar-refractivity contribution in [1.82, 2.24) is 9.55 Å². The van der Waals surface area contributed by atoms with E-state index in [1.54, 1.807) is 63.4 Å². The zero-order valence-corrected chi connectivity index (χ0v) is 17.2. The number of hydrogen-bond acceptors (Lipinski definition) is 6. The van der Waals surface area contributed by atoms with Gasteiger partial charge in [0.2, 0.25) is 5.91 Å². The van der Waals surface area contributed by atoms with Crippen LogP contribution in [-0.2, 0) is 16.6 Å². The predicted molar refractivity (Wildman–Crippen MR) is 113 cm³/mol. The van der Waals surface area contributed by atoms with Crippen LogP contribution < -0.4 is 10.9 Å². The number of amides is 1. The molecule has 0 aliphatic heterocycles. The molecule has 1 aromatic heterocycles. The molecule has 7 nitrogen and oxygen atoms in total. The lowest BCUT2D eigenvalue weighted by Crippen LogP contribution is -2.25. The molecule has 0 spiro atoms. The van der Waals surface area contributed by atoms with Crippen LogP contribution in [0.3, 0.4) is 0 Å². The number of anilines is 1. The van der Waals surface area contributed by atoms with Gasteiger partial charge in [-0.3, -0.25) is 14.2 Å². The molecule has 1 atom stereocenters. The van der Waals surface area contributed by atoms with Crippen molar-refractivity contribution >= 4 is 40.2 Å². The molecule has 1 amide bonds. The number of carbonyl (C=O) groups is 2. The van der Waals surface area contributed by atoms with Crippen LogP contribution in [0.4, 0.5) is 5.69 Å². The third-order valence-corrected chi connectivity index (χ3v) is 5.40. The van der Waals surface area contributed by atoms with Gasteiger partial charge < -0.3 is 10.1 Å². The van der Waals surface area contributed by atoms with Crippen LogP contribution in [0.5, 0.6) is 0 Å². The van der Waals surface area contributed by atoms with E-state index < -0.39 is 11.2 Å². The lowest BCUT2D eigenvalue weighted by atomic mass is 10.2. The summed E-state index contributed by atoms with van der Waals surface area (Å²) in [5.74, 6) is -0.640. The maximum atomic E-state index is 12.6. The molecule has 1 heterocycles. The zero-order chi connectivity index (χ0) is 21.0. The summed E-state index contributed by atoms with van der Waals surface area (Å²) in [6.45, 7) is 3.79. The van der Waals surface area contributed by atoms with Crippen LogP contribution in [0.2, 0.25) is 0 Å². The van der Waals surface area contributed by atoms with E-state index in [1.807, 2.05) is 6.07 Å². The average molecular weight is 411 g/mol. The summed E-state index contributed by atoms with van der Waals surface area (Å²) in [5.41, 5.74) is 1.43. The van der Waals surface area contributed by atoms with Gasteiger partial charge in [0.25, 0.3) is 5.56 Å². The highest BCUT2D eigenvalue weighted by Crippen LogP contribution is 2.23. The monoisotopic (exact) mass is 411 g/mol. The molecule has 1 N–H and O–H groups in total. The topological polar surface area (TPSA) is 90.3 Å². The van der Waals surface area contributed by atoms with Gasteiger partial charge in [0, 0.05) is 12.7 Å². The van der Waals surface area contributed by atoms with Gasteiger partial charge in [0.15, 0.2) is 5.16 Å². The van der Waals surface area contributed by atoms with Crippen molar-refractivity contribution in [2.45, 2.75) is 24.3 Å². The van der Waals surface area contributed by atoms with Crippen molar-refractivity contribution in [3.63, 3.8) is 0 Å². The van der Waals surface area contributed by atoms with Crippen LogP contribution in [0.25, 0.3) is 10.9 Å². The fraction of sp³-hybridized carbons (Fsp3) is 0.238.